The van der Waals surface area contributed by atoms with Crippen molar-refractivity contribution >= 4 is 22.9 Å². The maximum absolute atomic E-state index is 7.08. The van der Waals surface area contributed by atoms with E-state index in [-0.39, 0.29) is 0 Å². The molecule has 0 radical (unpaired) electrons. The van der Waals surface area contributed by atoms with Gasteiger partial charge in [0.2, 0.25) is 0 Å². The number of rotatable bonds is 6. The molecule has 1 saturated heterocycles. The van der Waals surface area contributed by atoms with Crippen LogP contribution in [0.15, 0.2) is 35.2 Å². The molecular formula is C19H27ClN4S. The molecule has 0 spiro atoms. The van der Waals surface area contributed by atoms with E-state index in [9.17, 15) is 0 Å². The highest BCUT2D eigenvalue weighted by molar-refractivity contribution is 7.08. The van der Waals surface area contributed by atoms with Crippen LogP contribution in [0.5, 0.6) is 0 Å². The highest BCUT2D eigenvalue weighted by Crippen LogP contribution is 2.41. The molecule has 2 aromatic rings. The Kier molecular flexibility index (Phi) is 6.12. The first-order chi connectivity index (χ1) is 12.1. The number of hydrogen-bond donors (Lipinski definition) is 2. The zero-order valence-corrected chi connectivity index (χ0v) is 16.3. The lowest BCUT2D eigenvalue weighted by atomic mass is 9.71. The van der Waals surface area contributed by atoms with Gasteiger partial charge in [0.15, 0.2) is 0 Å². The van der Waals surface area contributed by atoms with Crippen molar-refractivity contribution in [1.82, 2.24) is 9.88 Å². The van der Waals surface area contributed by atoms with E-state index in [1.807, 2.05) is 18.3 Å². The van der Waals surface area contributed by atoms with Gasteiger partial charge < -0.3 is 16.4 Å². The topological polar surface area (TPSA) is 68.2 Å². The number of aromatic nitrogens is 1. The molecule has 2 atom stereocenters. The van der Waals surface area contributed by atoms with Gasteiger partial charge in [0.05, 0.1) is 5.54 Å². The van der Waals surface area contributed by atoms with Crippen LogP contribution in [0.3, 0.4) is 0 Å². The Hall–Kier alpha value is -0.980. The number of nitrogens with two attached hydrogens (primary N) is 2. The molecule has 136 valence electrons. The molecule has 0 saturated carbocycles. The molecule has 3 rings (SSSR count). The maximum Gasteiger partial charge on any atom is 0.129 e. The predicted octanol–water partition coefficient (Wildman–Crippen LogP) is 3.45. The summed E-state index contributed by atoms with van der Waals surface area (Å²) in [5.41, 5.74) is 14.5. The molecule has 0 bridgehead atoms. The molecule has 2 unspecified atom stereocenters. The molecule has 25 heavy (non-hydrogen) atoms. The molecule has 0 aromatic carbocycles. The largest absolute Gasteiger partial charge is 0.330 e. The Morgan fingerprint density at radius 1 is 1.32 bits per heavy atom. The summed E-state index contributed by atoms with van der Waals surface area (Å²) in [7, 11) is 0. The van der Waals surface area contributed by atoms with Crippen molar-refractivity contribution in [2.45, 2.75) is 37.8 Å². The van der Waals surface area contributed by atoms with Crippen molar-refractivity contribution in [3.05, 3.63) is 51.4 Å². The summed E-state index contributed by atoms with van der Waals surface area (Å²) < 4.78 is 0. The van der Waals surface area contributed by atoms with Crippen LogP contribution in [-0.2, 0) is 5.54 Å². The van der Waals surface area contributed by atoms with E-state index in [1.165, 1.54) is 5.56 Å². The highest BCUT2D eigenvalue weighted by atomic mass is 35.5. The van der Waals surface area contributed by atoms with Gasteiger partial charge >= 0.3 is 0 Å². The second-order valence-electron chi connectivity index (χ2n) is 6.99. The number of halogens is 1. The maximum atomic E-state index is 7.08. The fraction of sp³-hybridized carbons (Fsp3) is 0.526. The Morgan fingerprint density at radius 3 is 2.64 bits per heavy atom. The van der Waals surface area contributed by atoms with Gasteiger partial charge in [0.25, 0.3) is 0 Å². The highest BCUT2D eigenvalue weighted by Gasteiger charge is 2.41. The Bertz CT molecular complexity index is 653. The molecule has 2 aromatic heterocycles. The van der Waals surface area contributed by atoms with Gasteiger partial charge in [-0.2, -0.15) is 11.3 Å². The summed E-state index contributed by atoms with van der Waals surface area (Å²) in [6.07, 6.45) is 5.03. The lowest BCUT2D eigenvalue weighted by Crippen LogP contribution is -2.51. The molecule has 4 N–H and O–H groups in total. The molecular weight excluding hydrogens is 352 g/mol. The van der Waals surface area contributed by atoms with Crippen LogP contribution in [0.2, 0.25) is 5.15 Å². The lowest BCUT2D eigenvalue weighted by molar-refractivity contribution is 0.109. The average molecular weight is 379 g/mol. The van der Waals surface area contributed by atoms with Gasteiger partial charge in [-0.05, 0) is 85.8 Å². The van der Waals surface area contributed by atoms with Crippen LogP contribution in [0.4, 0.5) is 0 Å². The zero-order chi connectivity index (χ0) is 17.9. The second-order valence-corrected chi connectivity index (χ2v) is 8.15. The van der Waals surface area contributed by atoms with Crippen LogP contribution in [0, 0.1) is 5.92 Å². The average Bonchev–Trinajstić information content (AvgIpc) is 3.17. The third-order valence-corrected chi connectivity index (χ3v) is 6.49. The molecule has 4 nitrogen and oxygen atoms in total. The van der Waals surface area contributed by atoms with E-state index in [4.69, 9.17) is 23.1 Å². The Balaban J connectivity index is 1.83. The predicted molar refractivity (Wildman–Crippen MR) is 106 cm³/mol. The van der Waals surface area contributed by atoms with Crippen molar-refractivity contribution in [2.75, 3.05) is 19.6 Å². The minimum atomic E-state index is -0.513. The molecule has 0 amide bonds. The van der Waals surface area contributed by atoms with Gasteiger partial charge in [0, 0.05) is 12.2 Å². The summed E-state index contributed by atoms with van der Waals surface area (Å²) in [5, 5.41) is 4.76. The van der Waals surface area contributed by atoms with Crippen molar-refractivity contribution in [2.24, 2.45) is 17.4 Å². The van der Waals surface area contributed by atoms with Crippen LogP contribution in [-0.4, -0.2) is 35.6 Å². The number of thiophene rings is 1. The SMILES string of the molecule is CC(CCN)N1CCC(C(N)(c2ccc(Cl)nc2)c2ccsc2)CC1. The molecule has 1 fully saturated rings. The smallest absolute Gasteiger partial charge is 0.129 e. The molecule has 0 aliphatic carbocycles. The third-order valence-electron chi connectivity index (χ3n) is 5.59. The Morgan fingerprint density at radius 2 is 2.08 bits per heavy atom. The first kappa shape index (κ1) is 18.8. The lowest BCUT2D eigenvalue weighted by Gasteiger charge is -2.44. The summed E-state index contributed by atoms with van der Waals surface area (Å²) in [4.78, 5) is 6.82. The minimum Gasteiger partial charge on any atom is -0.330 e. The summed E-state index contributed by atoms with van der Waals surface area (Å²) >= 11 is 7.68. The van der Waals surface area contributed by atoms with E-state index in [2.05, 4.69) is 33.6 Å². The van der Waals surface area contributed by atoms with Crippen molar-refractivity contribution < 1.29 is 0 Å². The van der Waals surface area contributed by atoms with E-state index in [0.29, 0.717) is 17.1 Å². The fourth-order valence-electron chi connectivity index (χ4n) is 3.98. The number of hydrogen-bond acceptors (Lipinski definition) is 5. The van der Waals surface area contributed by atoms with Crippen LogP contribution >= 0.6 is 22.9 Å². The number of piperidine rings is 1. The first-order valence-electron chi connectivity index (χ1n) is 8.93. The summed E-state index contributed by atoms with van der Waals surface area (Å²) in [6, 6.07) is 6.54. The summed E-state index contributed by atoms with van der Waals surface area (Å²) in [6.45, 7) is 5.14. The van der Waals surface area contributed by atoms with Gasteiger partial charge in [-0.1, -0.05) is 17.7 Å². The number of nitrogens with zero attached hydrogens (tertiary/aromatic N) is 2. The normalized spacial score (nSPS) is 20.3. The second kappa shape index (κ2) is 8.14. The molecule has 1 aliphatic rings. The van der Waals surface area contributed by atoms with Crippen molar-refractivity contribution in [1.29, 1.82) is 0 Å². The number of pyridine rings is 1. The van der Waals surface area contributed by atoms with Gasteiger partial charge in [-0.3, -0.25) is 0 Å². The standard InChI is InChI=1S/C19H27ClN4S/c1-14(4-8-21)24-9-5-15(6-10-24)19(22,17-7-11-25-13-17)16-2-3-18(20)23-12-16/h2-3,7,11-15H,4-6,8-10,21-22H2,1H3. The Labute approximate surface area is 159 Å². The first-order valence-corrected chi connectivity index (χ1v) is 10.3. The van der Waals surface area contributed by atoms with Crippen molar-refractivity contribution in [3.8, 4) is 0 Å². The van der Waals surface area contributed by atoms with Crippen LogP contribution in [0.1, 0.15) is 37.3 Å². The molecule has 6 heteroatoms. The van der Waals surface area contributed by atoms with Gasteiger partial charge in [0.1, 0.15) is 5.15 Å². The van der Waals surface area contributed by atoms with Crippen molar-refractivity contribution in [3.63, 3.8) is 0 Å². The molecule has 3 heterocycles. The van der Waals surface area contributed by atoms with Crippen LogP contribution < -0.4 is 11.5 Å². The van der Waals surface area contributed by atoms with E-state index >= 15 is 0 Å². The summed E-state index contributed by atoms with van der Waals surface area (Å²) in [5.74, 6) is 0.381. The zero-order valence-electron chi connectivity index (χ0n) is 14.7. The van der Waals surface area contributed by atoms with Crippen LogP contribution in [0.25, 0.3) is 0 Å². The molecule has 1 aliphatic heterocycles. The quantitative estimate of drug-likeness (QED) is 0.755. The van der Waals surface area contributed by atoms with Gasteiger partial charge in [-0.25, -0.2) is 4.98 Å². The fourth-order valence-corrected chi connectivity index (χ4v) is 4.81. The number of likely N-dealkylation sites (tertiary alicyclic amines) is 1. The van der Waals surface area contributed by atoms with Gasteiger partial charge in [-0.15, -0.1) is 0 Å². The van der Waals surface area contributed by atoms with E-state index < -0.39 is 5.54 Å². The van der Waals surface area contributed by atoms with E-state index in [1.54, 1.807) is 11.3 Å². The minimum absolute atomic E-state index is 0.381. The van der Waals surface area contributed by atoms with E-state index in [0.717, 1.165) is 44.5 Å². The third kappa shape index (κ3) is 3.91. The monoisotopic (exact) mass is 378 g/mol.